The predicted octanol–water partition coefficient (Wildman–Crippen LogP) is -0.236. The Balaban J connectivity index is 2.54. The zero-order chi connectivity index (χ0) is 6.85. The van der Waals surface area contributed by atoms with Gasteiger partial charge >= 0.3 is 0 Å². The van der Waals surface area contributed by atoms with E-state index in [1.807, 2.05) is 0 Å². The molecule has 50 valence electrons. The van der Waals surface area contributed by atoms with Crippen molar-refractivity contribution < 1.29 is 9.59 Å². The summed E-state index contributed by atoms with van der Waals surface area (Å²) in [5.41, 5.74) is 0. The number of rotatable bonds is 0. The molecule has 1 aliphatic rings. The first-order chi connectivity index (χ1) is 4.20. The summed E-state index contributed by atoms with van der Waals surface area (Å²) in [5.74, 6) is 0.0618. The zero-order valence-corrected chi connectivity index (χ0v) is 5.83. The van der Waals surface area contributed by atoms with E-state index >= 15 is 0 Å². The van der Waals surface area contributed by atoms with Gasteiger partial charge in [-0.05, 0) is 6.92 Å². The topological polar surface area (TPSA) is 46.2 Å². The van der Waals surface area contributed by atoms with E-state index in [2.05, 4.69) is 5.32 Å². The van der Waals surface area contributed by atoms with E-state index in [9.17, 15) is 9.59 Å². The van der Waals surface area contributed by atoms with Crippen molar-refractivity contribution in [1.29, 1.82) is 0 Å². The molecule has 1 N–H and O–H groups in total. The van der Waals surface area contributed by atoms with Crippen LogP contribution >= 0.6 is 11.8 Å². The Bertz CT molecular complexity index is 157. The van der Waals surface area contributed by atoms with Crippen molar-refractivity contribution in [3.63, 3.8) is 0 Å². The minimum absolute atomic E-state index is 0.0669. The fourth-order valence-corrected chi connectivity index (χ4v) is 1.24. The van der Waals surface area contributed by atoms with Crippen LogP contribution in [0.1, 0.15) is 6.92 Å². The van der Waals surface area contributed by atoms with Gasteiger partial charge in [0.1, 0.15) is 0 Å². The molecule has 0 radical (unpaired) electrons. The van der Waals surface area contributed by atoms with Gasteiger partial charge in [0.05, 0.1) is 11.0 Å². The Morgan fingerprint density at radius 1 is 1.67 bits per heavy atom. The summed E-state index contributed by atoms with van der Waals surface area (Å²) in [5, 5.41) is 2.16. The van der Waals surface area contributed by atoms with E-state index < -0.39 is 0 Å². The molecule has 0 saturated carbocycles. The third-order valence-corrected chi connectivity index (χ3v) is 2.24. The van der Waals surface area contributed by atoms with Crippen LogP contribution in [0.2, 0.25) is 0 Å². The van der Waals surface area contributed by atoms with Gasteiger partial charge in [-0.1, -0.05) is 0 Å². The molecule has 1 heterocycles. The van der Waals surface area contributed by atoms with E-state index in [4.69, 9.17) is 0 Å². The summed E-state index contributed by atoms with van der Waals surface area (Å²) in [4.78, 5) is 21.1. The van der Waals surface area contributed by atoms with Gasteiger partial charge in [0.25, 0.3) is 0 Å². The number of amides is 2. The van der Waals surface area contributed by atoms with Gasteiger partial charge in [0, 0.05) is 0 Å². The molecule has 3 nitrogen and oxygen atoms in total. The molecule has 2 amide bonds. The molecule has 0 aromatic rings. The van der Waals surface area contributed by atoms with Gasteiger partial charge in [0.2, 0.25) is 11.8 Å². The number of carbonyl (C=O) groups is 2. The Labute approximate surface area is 57.2 Å². The summed E-state index contributed by atoms with van der Waals surface area (Å²) in [6.45, 7) is 1.78. The lowest BCUT2D eigenvalue weighted by atomic mass is 10.4. The maximum absolute atomic E-state index is 10.7. The van der Waals surface area contributed by atoms with Gasteiger partial charge in [-0.2, -0.15) is 0 Å². The zero-order valence-electron chi connectivity index (χ0n) is 5.01. The molecule has 1 aliphatic heterocycles. The predicted molar refractivity (Wildman–Crippen MR) is 35.1 cm³/mol. The quantitative estimate of drug-likeness (QED) is 0.479. The molecule has 0 aromatic heterocycles. The van der Waals surface area contributed by atoms with Crippen LogP contribution < -0.4 is 5.32 Å². The summed E-state index contributed by atoms with van der Waals surface area (Å²) < 4.78 is 0. The van der Waals surface area contributed by atoms with Crippen molar-refractivity contribution >= 4 is 23.6 Å². The maximum Gasteiger partial charge on any atom is 0.239 e. The van der Waals surface area contributed by atoms with Crippen LogP contribution in [0.15, 0.2) is 0 Å². The van der Waals surface area contributed by atoms with E-state index in [1.165, 1.54) is 11.8 Å². The number of imide groups is 1. The Hall–Kier alpha value is -0.510. The highest BCUT2D eigenvalue weighted by molar-refractivity contribution is 8.01. The lowest BCUT2D eigenvalue weighted by Gasteiger charge is -2.15. The van der Waals surface area contributed by atoms with E-state index in [0.29, 0.717) is 5.75 Å². The SMILES string of the molecule is CC1SCC(=O)NC1=O. The monoisotopic (exact) mass is 145 g/mol. The van der Waals surface area contributed by atoms with Crippen LogP contribution in [0.5, 0.6) is 0 Å². The van der Waals surface area contributed by atoms with Gasteiger partial charge in [-0.3, -0.25) is 14.9 Å². The Morgan fingerprint density at radius 3 is 2.78 bits per heavy atom. The maximum atomic E-state index is 10.7. The molecule has 4 heteroatoms. The standard InChI is InChI=1S/C5H7NO2S/c1-3-5(8)6-4(7)2-9-3/h3H,2H2,1H3,(H,6,7,8). The van der Waals surface area contributed by atoms with Crippen LogP contribution in [0.25, 0.3) is 0 Å². The van der Waals surface area contributed by atoms with E-state index in [1.54, 1.807) is 6.92 Å². The minimum atomic E-state index is -0.178. The number of thioether (sulfide) groups is 1. The third-order valence-electron chi connectivity index (χ3n) is 1.10. The van der Waals surface area contributed by atoms with Gasteiger partial charge < -0.3 is 0 Å². The highest BCUT2D eigenvalue weighted by Crippen LogP contribution is 2.13. The first-order valence-corrected chi connectivity index (χ1v) is 3.70. The van der Waals surface area contributed by atoms with Crippen molar-refractivity contribution in [2.45, 2.75) is 12.2 Å². The summed E-state index contributed by atoms with van der Waals surface area (Å²) in [7, 11) is 0. The van der Waals surface area contributed by atoms with Crippen LogP contribution in [0.4, 0.5) is 0 Å². The number of hydrogen-bond donors (Lipinski definition) is 1. The molecule has 0 aromatic carbocycles. The second-order valence-corrected chi connectivity index (χ2v) is 3.19. The van der Waals surface area contributed by atoms with Crippen LogP contribution in [-0.2, 0) is 9.59 Å². The molecule has 9 heavy (non-hydrogen) atoms. The second-order valence-electron chi connectivity index (χ2n) is 1.87. The fraction of sp³-hybridized carbons (Fsp3) is 0.600. The highest BCUT2D eigenvalue weighted by atomic mass is 32.2. The van der Waals surface area contributed by atoms with Crippen molar-refractivity contribution in [2.75, 3.05) is 5.75 Å². The van der Waals surface area contributed by atoms with Gasteiger partial charge in [-0.25, -0.2) is 0 Å². The van der Waals surface area contributed by atoms with E-state index in [-0.39, 0.29) is 17.1 Å². The molecule has 0 spiro atoms. The van der Waals surface area contributed by atoms with E-state index in [0.717, 1.165) is 0 Å². The first-order valence-electron chi connectivity index (χ1n) is 2.65. The lowest BCUT2D eigenvalue weighted by Crippen LogP contribution is -2.42. The van der Waals surface area contributed by atoms with Crippen LogP contribution in [0.3, 0.4) is 0 Å². The smallest absolute Gasteiger partial charge is 0.239 e. The molecular formula is C5H7NO2S. The third kappa shape index (κ3) is 1.45. The largest absolute Gasteiger partial charge is 0.295 e. The van der Waals surface area contributed by atoms with Crippen molar-refractivity contribution in [3.05, 3.63) is 0 Å². The molecule has 1 atom stereocenters. The second kappa shape index (κ2) is 2.39. The summed E-state index contributed by atoms with van der Waals surface area (Å²) in [6, 6.07) is 0. The molecule has 1 rings (SSSR count). The molecule has 0 bridgehead atoms. The molecule has 0 aliphatic carbocycles. The summed E-state index contributed by atoms with van der Waals surface area (Å²) >= 11 is 1.37. The van der Waals surface area contributed by atoms with Crippen LogP contribution in [0, 0.1) is 0 Å². The highest BCUT2D eigenvalue weighted by Gasteiger charge is 2.22. The fourth-order valence-electron chi connectivity index (χ4n) is 0.552. The Kier molecular flexibility index (Phi) is 1.75. The molecule has 1 saturated heterocycles. The van der Waals surface area contributed by atoms with Gasteiger partial charge in [0.15, 0.2) is 0 Å². The Morgan fingerprint density at radius 2 is 2.33 bits per heavy atom. The average molecular weight is 145 g/mol. The first kappa shape index (κ1) is 6.61. The van der Waals surface area contributed by atoms with Crippen molar-refractivity contribution in [3.8, 4) is 0 Å². The average Bonchev–Trinajstić information content (AvgIpc) is 1.80. The minimum Gasteiger partial charge on any atom is -0.295 e. The molecule has 1 fully saturated rings. The van der Waals surface area contributed by atoms with Gasteiger partial charge in [-0.15, -0.1) is 11.8 Å². The summed E-state index contributed by atoms with van der Waals surface area (Å²) in [6.07, 6.45) is 0. The molecule has 1 unspecified atom stereocenters. The number of nitrogens with one attached hydrogen (secondary N) is 1. The number of carbonyl (C=O) groups excluding carboxylic acids is 2. The van der Waals surface area contributed by atoms with Crippen LogP contribution in [-0.4, -0.2) is 22.8 Å². The number of hydrogen-bond acceptors (Lipinski definition) is 3. The van der Waals surface area contributed by atoms with Crippen molar-refractivity contribution in [2.24, 2.45) is 0 Å². The normalized spacial score (nSPS) is 27.9. The van der Waals surface area contributed by atoms with Crippen molar-refractivity contribution in [1.82, 2.24) is 5.32 Å². The lowest BCUT2D eigenvalue weighted by molar-refractivity contribution is -0.129. The molecular weight excluding hydrogens is 138 g/mol.